The molecule has 5 rings (SSSR count). The van der Waals surface area contributed by atoms with E-state index in [9.17, 15) is 14.7 Å². The van der Waals surface area contributed by atoms with Gasteiger partial charge in [-0.15, -0.1) is 0 Å². The number of carbonyl (C=O) groups excluding carboxylic acids is 1. The number of carboxylic acids is 1. The molecule has 0 saturated carbocycles. The minimum atomic E-state index is -1.13. The molecule has 4 aromatic rings. The SMILES string of the molecule is O=C(O)c1cnn2c(NCc3ccccc3)c(C(=O)N3CCC(c4ncco4)CC3)cnc12. The van der Waals surface area contributed by atoms with Gasteiger partial charge < -0.3 is 19.7 Å². The summed E-state index contributed by atoms with van der Waals surface area (Å²) in [6, 6.07) is 9.72. The lowest BCUT2D eigenvalue weighted by Gasteiger charge is -2.31. The smallest absolute Gasteiger partial charge is 0.341 e. The van der Waals surface area contributed by atoms with Gasteiger partial charge in [0.2, 0.25) is 0 Å². The summed E-state index contributed by atoms with van der Waals surface area (Å²) in [5, 5.41) is 16.9. The Balaban J connectivity index is 1.43. The number of nitrogens with one attached hydrogen (secondary N) is 1. The lowest BCUT2D eigenvalue weighted by Crippen LogP contribution is -2.38. The maximum Gasteiger partial charge on any atom is 0.341 e. The Labute approximate surface area is 188 Å². The van der Waals surface area contributed by atoms with Crippen LogP contribution in [0.4, 0.5) is 5.82 Å². The van der Waals surface area contributed by atoms with Gasteiger partial charge >= 0.3 is 5.97 Å². The zero-order valence-corrected chi connectivity index (χ0v) is 17.7. The molecule has 10 heteroatoms. The van der Waals surface area contributed by atoms with Crippen LogP contribution in [0.5, 0.6) is 0 Å². The van der Waals surface area contributed by atoms with Crippen molar-refractivity contribution >= 4 is 23.3 Å². The molecule has 0 radical (unpaired) electrons. The highest BCUT2D eigenvalue weighted by Crippen LogP contribution is 2.29. The highest BCUT2D eigenvalue weighted by atomic mass is 16.4. The Bertz CT molecular complexity index is 1280. The molecule has 2 N–H and O–H groups in total. The number of aromatic nitrogens is 4. The zero-order chi connectivity index (χ0) is 22.8. The van der Waals surface area contributed by atoms with E-state index in [-0.39, 0.29) is 23.0 Å². The van der Waals surface area contributed by atoms with Crippen molar-refractivity contribution in [2.24, 2.45) is 0 Å². The minimum Gasteiger partial charge on any atom is -0.477 e. The monoisotopic (exact) mass is 446 g/mol. The maximum absolute atomic E-state index is 13.5. The number of rotatable bonds is 6. The lowest BCUT2D eigenvalue weighted by molar-refractivity contribution is 0.0694. The third-order valence-electron chi connectivity index (χ3n) is 5.87. The Morgan fingerprint density at radius 1 is 1.09 bits per heavy atom. The number of likely N-dealkylation sites (tertiary alicyclic amines) is 1. The fourth-order valence-electron chi connectivity index (χ4n) is 4.13. The summed E-state index contributed by atoms with van der Waals surface area (Å²) >= 11 is 0. The van der Waals surface area contributed by atoms with Crippen LogP contribution < -0.4 is 5.32 Å². The first-order valence-electron chi connectivity index (χ1n) is 10.7. The van der Waals surface area contributed by atoms with E-state index in [1.807, 2.05) is 30.3 Å². The average molecular weight is 446 g/mol. The van der Waals surface area contributed by atoms with Crippen molar-refractivity contribution in [3.05, 3.63) is 77.8 Å². The van der Waals surface area contributed by atoms with Crippen LogP contribution in [0.2, 0.25) is 0 Å². The van der Waals surface area contributed by atoms with E-state index in [2.05, 4.69) is 20.4 Å². The number of oxazole rings is 1. The van der Waals surface area contributed by atoms with E-state index in [4.69, 9.17) is 4.42 Å². The topological polar surface area (TPSA) is 126 Å². The number of nitrogens with zero attached hydrogens (tertiary/aromatic N) is 5. The van der Waals surface area contributed by atoms with Gasteiger partial charge in [-0.2, -0.15) is 9.61 Å². The molecule has 168 valence electrons. The van der Waals surface area contributed by atoms with Crippen LogP contribution in [0.25, 0.3) is 5.65 Å². The van der Waals surface area contributed by atoms with Gasteiger partial charge in [-0.1, -0.05) is 30.3 Å². The summed E-state index contributed by atoms with van der Waals surface area (Å²) in [5.41, 5.74) is 1.51. The van der Waals surface area contributed by atoms with Crippen LogP contribution in [0.1, 0.15) is 50.9 Å². The number of hydrogen-bond donors (Lipinski definition) is 2. The highest BCUT2D eigenvalue weighted by molar-refractivity contribution is 6.00. The summed E-state index contributed by atoms with van der Waals surface area (Å²) in [6.07, 6.45) is 7.37. The van der Waals surface area contributed by atoms with Crippen molar-refractivity contribution in [1.29, 1.82) is 0 Å². The van der Waals surface area contributed by atoms with Gasteiger partial charge in [-0.25, -0.2) is 14.8 Å². The van der Waals surface area contributed by atoms with Crippen LogP contribution in [0.15, 0.2) is 59.6 Å². The molecule has 3 aromatic heterocycles. The summed E-state index contributed by atoms with van der Waals surface area (Å²) < 4.78 is 6.81. The van der Waals surface area contributed by atoms with Crippen molar-refractivity contribution in [3.8, 4) is 0 Å². The average Bonchev–Trinajstić information content (AvgIpc) is 3.53. The first kappa shape index (κ1) is 20.7. The molecular formula is C23H22N6O4. The number of hydrogen-bond acceptors (Lipinski definition) is 7. The molecule has 1 amide bonds. The predicted molar refractivity (Wildman–Crippen MR) is 118 cm³/mol. The molecule has 0 aliphatic carbocycles. The van der Waals surface area contributed by atoms with Crippen molar-refractivity contribution in [3.63, 3.8) is 0 Å². The second kappa shape index (κ2) is 8.73. The first-order valence-corrected chi connectivity index (χ1v) is 10.7. The van der Waals surface area contributed by atoms with E-state index in [1.165, 1.54) is 16.9 Å². The molecule has 1 fully saturated rings. The molecule has 33 heavy (non-hydrogen) atoms. The number of carbonyl (C=O) groups is 2. The molecule has 1 aliphatic rings. The standard InChI is InChI=1S/C23H22N6O4/c30-22(28-9-6-16(7-10-28)21-24-8-11-33-21)17-13-26-20-18(23(31)32)14-27-29(20)19(17)25-12-15-4-2-1-3-5-15/h1-5,8,11,13-14,16,25H,6-7,9-10,12H2,(H,31,32). The Hall–Kier alpha value is -4.21. The van der Waals surface area contributed by atoms with E-state index < -0.39 is 5.97 Å². The number of fused-ring (bicyclic) bond motifs is 1. The van der Waals surface area contributed by atoms with E-state index >= 15 is 0 Å². The van der Waals surface area contributed by atoms with Crippen molar-refractivity contribution < 1.29 is 19.1 Å². The largest absolute Gasteiger partial charge is 0.477 e. The number of piperidine rings is 1. The second-order valence-corrected chi connectivity index (χ2v) is 7.90. The second-order valence-electron chi connectivity index (χ2n) is 7.90. The fraction of sp³-hybridized carbons (Fsp3) is 0.261. The fourth-order valence-corrected chi connectivity index (χ4v) is 4.13. The van der Waals surface area contributed by atoms with E-state index in [1.54, 1.807) is 17.4 Å². The van der Waals surface area contributed by atoms with Crippen LogP contribution >= 0.6 is 0 Å². The Morgan fingerprint density at radius 2 is 1.88 bits per heavy atom. The van der Waals surface area contributed by atoms with Crippen LogP contribution in [-0.4, -0.2) is 54.6 Å². The molecule has 0 atom stereocenters. The van der Waals surface area contributed by atoms with Crippen molar-refractivity contribution in [1.82, 2.24) is 24.5 Å². The summed E-state index contributed by atoms with van der Waals surface area (Å²) in [7, 11) is 0. The zero-order valence-electron chi connectivity index (χ0n) is 17.7. The number of benzene rings is 1. The summed E-state index contributed by atoms with van der Waals surface area (Å²) in [4.78, 5) is 35.3. The minimum absolute atomic E-state index is 0.0245. The predicted octanol–water partition coefficient (Wildman–Crippen LogP) is 3.05. The molecule has 1 aliphatic heterocycles. The van der Waals surface area contributed by atoms with Gasteiger partial charge in [0.15, 0.2) is 11.5 Å². The Morgan fingerprint density at radius 3 is 2.58 bits per heavy atom. The number of amides is 1. The van der Waals surface area contributed by atoms with E-state index in [0.717, 1.165) is 18.4 Å². The lowest BCUT2D eigenvalue weighted by atomic mass is 9.96. The Kier molecular flexibility index (Phi) is 5.47. The highest BCUT2D eigenvalue weighted by Gasteiger charge is 2.29. The molecule has 0 spiro atoms. The van der Waals surface area contributed by atoms with Crippen molar-refractivity contribution in [2.75, 3.05) is 18.4 Å². The summed E-state index contributed by atoms with van der Waals surface area (Å²) in [6.45, 7) is 1.55. The summed E-state index contributed by atoms with van der Waals surface area (Å²) in [5.74, 6) is -0.00808. The normalized spacial score (nSPS) is 14.5. The molecule has 1 saturated heterocycles. The number of carboxylic acid groups (broad SMARTS) is 1. The third kappa shape index (κ3) is 4.02. The van der Waals surface area contributed by atoms with Gasteiger partial charge in [-0.3, -0.25) is 4.79 Å². The first-order chi connectivity index (χ1) is 16.1. The van der Waals surface area contributed by atoms with Gasteiger partial charge in [-0.05, 0) is 18.4 Å². The van der Waals surface area contributed by atoms with Gasteiger partial charge in [0.05, 0.1) is 12.4 Å². The molecule has 1 aromatic carbocycles. The van der Waals surface area contributed by atoms with Gasteiger partial charge in [0, 0.05) is 31.7 Å². The molecule has 0 unspecified atom stereocenters. The molecule has 0 bridgehead atoms. The van der Waals surface area contributed by atoms with Crippen LogP contribution in [-0.2, 0) is 6.54 Å². The molecular weight excluding hydrogens is 424 g/mol. The number of anilines is 1. The van der Waals surface area contributed by atoms with E-state index in [0.29, 0.717) is 36.9 Å². The molecule has 10 nitrogen and oxygen atoms in total. The maximum atomic E-state index is 13.5. The molecule has 4 heterocycles. The van der Waals surface area contributed by atoms with Crippen LogP contribution in [0, 0.1) is 0 Å². The number of aromatic carboxylic acids is 1. The van der Waals surface area contributed by atoms with Crippen molar-refractivity contribution in [2.45, 2.75) is 25.3 Å². The van der Waals surface area contributed by atoms with Crippen LogP contribution in [0.3, 0.4) is 0 Å². The quantitative estimate of drug-likeness (QED) is 0.463. The third-order valence-corrected chi connectivity index (χ3v) is 5.87. The van der Waals surface area contributed by atoms with Gasteiger partial charge in [0.1, 0.15) is 23.2 Å². The van der Waals surface area contributed by atoms with Gasteiger partial charge in [0.25, 0.3) is 5.91 Å².